The summed E-state index contributed by atoms with van der Waals surface area (Å²) in [7, 11) is 0. The lowest BCUT2D eigenvalue weighted by molar-refractivity contribution is -0.121. The second kappa shape index (κ2) is 7.65. The molecule has 3 atom stereocenters. The maximum absolute atomic E-state index is 11.3. The van der Waals surface area contributed by atoms with Gasteiger partial charge in [-0.15, -0.1) is 0 Å². The summed E-state index contributed by atoms with van der Waals surface area (Å²) in [5.74, 6) is 0.356. The van der Waals surface area contributed by atoms with Gasteiger partial charge in [-0.25, -0.2) is 0 Å². The van der Waals surface area contributed by atoms with Crippen LogP contribution in [0.15, 0.2) is 0 Å². The van der Waals surface area contributed by atoms with Crippen LogP contribution in [0.3, 0.4) is 0 Å². The van der Waals surface area contributed by atoms with E-state index in [0.717, 1.165) is 6.42 Å². The van der Waals surface area contributed by atoms with Crippen LogP contribution in [0.5, 0.6) is 0 Å². The molecule has 90 valence electrons. The summed E-state index contributed by atoms with van der Waals surface area (Å²) >= 11 is 0. The standard InChI is InChI=1S/C11H24N2O2/c1-8(6-10(3)14)7-13-11(15)5-4-9(2)12/h8-10,14H,4-7,12H2,1-3H3,(H,13,15). The molecular weight excluding hydrogens is 192 g/mol. The molecule has 0 rings (SSSR count). The molecule has 3 unspecified atom stereocenters. The Morgan fingerprint density at radius 2 is 2.00 bits per heavy atom. The lowest BCUT2D eigenvalue weighted by atomic mass is 10.0. The number of hydrogen-bond acceptors (Lipinski definition) is 3. The predicted molar refractivity (Wildman–Crippen MR) is 61.4 cm³/mol. The molecule has 0 bridgehead atoms. The molecule has 0 saturated carbocycles. The number of carbonyl (C=O) groups is 1. The zero-order valence-electron chi connectivity index (χ0n) is 9.99. The predicted octanol–water partition coefficient (Wildman–Crippen LogP) is 0.637. The third kappa shape index (κ3) is 9.69. The molecule has 4 heteroatoms. The Labute approximate surface area is 92.2 Å². The van der Waals surface area contributed by atoms with Gasteiger partial charge in [-0.1, -0.05) is 6.92 Å². The van der Waals surface area contributed by atoms with E-state index in [-0.39, 0.29) is 18.1 Å². The van der Waals surface area contributed by atoms with Gasteiger partial charge in [-0.05, 0) is 32.6 Å². The molecule has 15 heavy (non-hydrogen) atoms. The Bertz CT molecular complexity index is 181. The largest absolute Gasteiger partial charge is 0.393 e. The fourth-order valence-electron chi connectivity index (χ4n) is 1.40. The van der Waals surface area contributed by atoms with Gasteiger partial charge in [-0.3, -0.25) is 4.79 Å². The van der Waals surface area contributed by atoms with Crippen LogP contribution in [0, 0.1) is 5.92 Å². The average molecular weight is 216 g/mol. The van der Waals surface area contributed by atoms with E-state index in [0.29, 0.717) is 25.3 Å². The Balaban J connectivity index is 3.53. The normalized spacial score (nSPS) is 16.9. The van der Waals surface area contributed by atoms with Gasteiger partial charge in [0, 0.05) is 19.0 Å². The van der Waals surface area contributed by atoms with Crippen LogP contribution in [0.25, 0.3) is 0 Å². The summed E-state index contributed by atoms with van der Waals surface area (Å²) < 4.78 is 0. The number of aliphatic hydroxyl groups excluding tert-OH is 1. The maximum Gasteiger partial charge on any atom is 0.220 e. The molecule has 0 fully saturated rings. The average Bonchev–Trinajstić information content (AvgIpc) is 2.10. The van der Waals surface area contributed by atoms with Gasteiger partial charge in [0.05, 0.1) is 6.10 Å². The van der Waals surface area contributed by atoms with Crippen molar-refractivity contribution in [3.05, 3.63) is 0 Å². The molecule has 0 saturated heterocycles. The van der Waals surface area contributed by atoms with E-state index in [9.17, 15) is 4.79 Å². The van der Waals surface area contributed by atoms with Crippen LogP contribution in [0.1, 0.15) is 40.0 Å². The third-order valence-corrected chi connectivity index (χ3v) is 2.22. The van der Waals surface area contributed by atoms with E-state index in [1.807, 2.05) is 13.8 Å². The van der Waals surface area contributed by atoms with Gasteiger partial charge in [0.25, 0.3) is 0 Å². The molecule has 4 nitrogen and oxygen atoms in total. The van der Waals surface area contributed by atoms with Crippen LogP contribution in [0.2, 0.25) is 0 Å². The number of aliphatic hydroxyl groups is 1. The zero-order valence-corrected chi connectivity index (χ0v) is 9.99. The Morgan fingerprint density at radius 3 is 2.47 bits per heavy atom. The number of nitrogens with two attached hydrogens (primary N) is 1. The SMILES string of the molecule is CC(N)CCC(=O)NCC(C)CC(C)O. The monoisotopic (exact) mass is 216 g/mol. The van der Waals surface area contributed by atoms with Crippen molar-refractivity contribution < 1.29 is 9.90 Å². The van der Waals surface area contributed by atoms with Gasteiger partial charge in [0.2, 0.25) is 5.91 Å². The van der Waals surface area contributed by atoms with Crippen molar-refractivity contribution >= 4 is 5.91 Å². The maximum atomic E-state index is 11.3. The Kier molecular flexibility index (Phi) is 7.34. The van der Waals surface area contributed by atoms with Crippen LogP contribution < -0.4 is 11.1 Å². The molecule has 0 aliphatic carbocycles. The second-order valence-corrected chi connectivity index (χ2v) is 4.51. The van der Waals surface area contributed by atoms with E-state index in [1.54, 1.807) is 6.92 Å². The third-order valence-electron chi connectivity index (χ3n) is 2.22. The summed E-state index contributed by atoms with van der Waals surface area (Å²) in [5, 5.41) is 12.0. The zero-order chi connectivity index (χ0) is 11.8. The fourth-order valence-corrected chi connectivity index (χ4v) is 1.40. The van der Waals surface area contributed by atoms with Gasteiger partial charge in [0.1, 0.15) is 0 Å². The summed E-state index contributed by atoms with van der Waals surface area (Å²) in [6.07, 6.45) is 1.62. The van der Waals surface area contributed by atoms with Gasteiger partial charge in [0.15, 0.2) is 0 Å². The quantitative estimate of drug-likeness (QED) is 0.584. The smallest absolute Gasteiger partial charge is 0.220 e. The highest BCUT2D eigenvalue weighted by molar-refractivity contribution is 5.75. The summed E-state index contributed by atoms with van der Waals surface area (Å²) in [4.78, 5) is 11.3. The molecule has 0 radical (unpaired) electrons. The van der Waals surface area contributed by atoms with Crippen molar-refractivity contribution in [1.82, 2.24) is 5.32 Å². The fraction of sp³-hybridized carbons (Fsp3) is 0.909. The molecule has 0 aliphatic heterocycles. The molecule has 1 amide bonds. The Hall–Kier alpha value is -0.610. The van der Waals surface area contributed by atoms with E-state index >= 15 is 0 Å². The number of rotatable bonds is 7. The number of amides is 1. The van der Waals surface area contributed by atoms with Gasteiger partial charge < -0.3 is 16.2 Å². The van der Waals surface area contributed by atoms with Crippen molar-refractivity contribution in [1.29, 1.82) is 0 Å². The van der Waals surface area contributed by atoms with Gasteiger partial charge in [-0.2, -0.15) is 0 Å². The highest BCUT2D eigenvalue weighted by Crippen LogP contribution is 2.04. The molecule has 0 aromatic carbocycles. The van der Waals surface area contributed by atoms with Crippen LogP contribution in [-0.4, -0.2) is 29.7 Å². The van der Waals surface area contributed by atoms with Crippen LogP contribution in [-0.2, 0) is 4.79 Å². The molecule has 4 N–H and O–H groups in total. The lowest BCUT2D eigenvalue weighted by Crippen LogP contribution is -2.30. The topological polar surface area (TPSA) is 75.4 Å². The van der Waals surface area contributed by atoms with Crippen molar-refractivity contribution in [2.24, 2.45) is 11.7 Å². The summed E-state index contributed by atoms with van der Waals surface area (Å²) in [6.45, 7) is 6.29. The number of carbonyl (C=O) groups excluding carboxylic acids is 1. The minimum Gasteiger partial charge on any atom is -0.393 e. The summed E-state index contributed by atoms with van der Waals surface area (Å²) in [5.41, 5.74) is 5.55. The second-order valence-electron chi connectivity index (χ2n) is 4.51. The Morgan fingerprint density at radius 1 is 1.40 bits per heavy atom. The summed E-state index contributed by atoms with van der Waals surface area (Å²) in [6, 6.07) is 0.0747. The molecule has 0 spiro atoms. The minimum absolute atomic E-state index is 0.0461. The minimum atomic E-state index is -0.305. The van der Waals surface area contributed by atoms with Crippen molar-refractivity contribution in [2.45, 2.75) is 52.2 Å². The highest BCUT2D eigenvalue weighted by Gasteiger charge is 2.08. The molecule has 0 aromatic heterocycles. The van der Waals surface area contributed by atoms with E-state index < -0.39 is 0 Å². The number of hydrogen-bond donors (Lipinski definition) is 3. The van der Waals surface area contributed by atoms with Crippen molar-refractivity contribution in [3.8, 4) is 0 Å². The highest BCUT2D eigenvalue weighted by atomic mass is 16.3. The first-order valence-corrected chi connectivity index (χ1v) is 5.62. The first-order valence-electron chi connectivity index (χ1n) is 5.62. The van der Waals surface area contributed by atoms with Crippen LogP contribution >= 0.6 is 0 Å². The van der Waals surface area contributed by atoms with Gasteiger partial charge >= 0.3 is 0 Å². The van der Waals surface area contributed by atoms with Crippen molar-refractivity contribution in [3.63, 3.8) is 0 Å². The lowest BCUT2D eigenvalue weighted by Gasteiger charge is -2.14. The van der Waals surface area contributed by atoms with Crippen LogP contribution in [0.4, 0.5) is 0 Å². The molecule has 0 aromatic rings. The number of nitrogens with one attached hydrogen (secondary N) is 1. The van der Waals surface area contributed by atoms with Crippen molar-refractivity contribution in [2.75, 3.05) is 6.54 Å². The first-order chi connectivity index (χ1) is 6.91. The molecule has 0 heterocycles. The van der Waals surface area contributed by atoms with E-state index in [1.165, 1.54) is 0 Å². The molecule has 0 aliphatic rings. The van der Waals surface area contributed by atoms with E-state index in [2.05, 4.69) is 5.32 Å². The van der Waals surface area contributed by atoms with E-state index in [4.69, 9.17) is 10.8 Å². The molecular formula is C11H24N2O2. The first kappa shape index (κ1) is 14.4.